The summed E-state index contributed by atoms with van der Waals surface area (Å²) in [6, 6.07) is 6.15. The molecule has 4 rings (SSSR count). The van der Waals surface area contributed by atoms with Gasteiger partial charge in [-0.15, -0.1) is 0 Å². The van der Waals surface area contributed by atoms with Gasteiger partial charge in [-0.3, -0.25) is 9.48 Å². The van der Waals surface area contributed by atoms with Gasteiger partial charge in [0.05, 0.1) is 21.6 Å². The number of fused-ring (bicyclic) bond motifs is 1. The highest BCUT2D eigenvalue weighted by atomic mass is 32.1. The molecule has 1 aliphatic rings. The molecule has 0 saturated carbocycles. The smallest absolute Gasteiger partial charge is 0.229 e. The van der Waals surface area contributed by atoms with Crippen LogP contribution in [0.15, 0.2) is 30.6 Å². The van der Waals surface area contributed by atoms with E-state index >= 15 is 0 Å². The van der Waals surface area contributed by atoms with Crippen molar-refractivity contribution in [2.45, 2.75) is 51.7 Å². The molecule has 1 fully saturated rings. The maximum absolute atomic E-state index is 12.9. The van der Waals surface area contributed by atoms with Crippen LogP contribution in [0, 0.1) is 5.92 Å². The van der Waals surface area contributed by atoms with Gasteiger partial charge < -0.3 is 10.1 Å². The minimum absolute atomic E-state index is 0.0214. The van der Waals surface area contributed by atoms with Crippen molar-refractivity contribution < 1.29 is 9.53 Å². The van der Waals surface area contributed by atoms with E-state index in [9.17, 15) is 4.79 Å². The number of hydrogen-bond donors (Lipinski definition) is 1. The number of carbonyl (C=O) groups excluding carboxylic acids is 1. The Labute approximate surface area is 168 Å². The van der Waals surface area contributed by atoms with Crippen molar-refractivity contribution in [3.05, 3.63) is 30.6 Å². The van der Waals surface area contributed by atoms with Crippen LogP contribution in [0.5, 0.6) is 0 Å². The molecule has 0 bridgehead atoms. The van der Waals surface area contributed by atoms with E-state index in [1.54, 1.807) is 0 Å². The molecule has 1 aliphatic heterocycles. The van der Waals surface area contributed by atoms with Gasteiger partial charge in [-0.25, -0.2) is 4.98 Å². The molecule has 1 saturated heterocycles. The SMILES string of the molecule is Cn1cc2cc(-c3cnc(NC(=O)C4CC(C)(C)OC(C)(C)C4)s3)ccc2n1. The lowest BCUT2D eigenvalue weighted by Crippen LogP contribution is -2.48. The Bertz CT molecular complexity index is 1020. The first-order valence-corrected chi connectivity index (χ1v) is 10.3. The van der Waals surface area contributed by atoms with Gasteiger partial charge in [0.1, 0.15) is 0 Å². The van der Waals surface area contributed by atoms with Crippen LogP contribution in [-0.2, 0) is 16.6 Å². The standard InChI is InChI=1S/C21H26N4O2S/c1-20(2)9-15(10-21(3,4)27-20)18(26)23-19-22-11-17(28-19)13-6-7-16-14(8-13)12-25(5)24-16/h6-8,11-12,15H,9-10H2,1-5H3,(H,22,23,26). The molecule has 3 aromatic rings. The monoisotopic (exact) mass is 398 g/mol. The number of rotatable bonds is 3. The summed E-state index contributed by atoms with van der Waals surface area (Å²) in [5.41, 5.74) is 1.43. The van der Waals surface area contributed by atoms with Crippen LogP contribution in [0.2, 0.25) is 0 Å². The number of amides is 1. The number of thiazole rings is 1. The Morgan fingerprint density at radius 2 is 1.96 bits per heavy atom. The zero-order valence-corrected chi connectivity index (χ0v) is 17.8. The number of hydrogen-bond acceptors (Lipinski definition) is 5. The van der Waals surface area contributed by atoms with Crippen molar-refractivity contribution >= 4 is 33.3 Å². The van der Waals surface area contributed by atoms with Gasteiger partial charge in [0.15, 0.2) is 5.13 Å². The molecule has 2 aromatic heterocycles. The summed E-state index contributed by atoms with van der Waals surface area (Å²) in [4.78, 5) is 18.3. The lowest BCUT2D eigenvalue weighted by Gasteiger charge is -2.44. The number of nitrogens with one attached hydrogen (secondary N) is 1. The fraction of sp³-hybridized carbons (Fsp3) is 0.476. The van der Waals surface area contributed by atoms with Crippen molar-refractivity contribution in [3.63, 3.8) is 0 Å². The topological polar surface area (TPSA) is 69.0 Å². The van der Waals surface area contributed by atoms with Crippen LogP contribution in [-0.4, -0.2) is 31.9 Å². The van der Waals surface area contributed by atoms with Gasteiger partial charge in [0, 0.05) is 30.7 Å². The van der Waals surface area contributed by atoms with Crippen molar-refractivity contribution in [2.24, 2.45) is 13.0 Å². The van der Waals surface area contributed by atoms with E-state index in [1.165, 1.54) is 11.3 Å². The second-order valence-corrected chi connectivity index (χ2v) is 9.85. The predicted octanol–water partition coefficient (Wildman–Crippen LogP) is 4.62. The molecule has 148 valence electrons. The number of anilines is 1. The van der Waals surface area contributed by atoms with E-state index < -0.39 is 0 Å². The van der Waals surface area contributed by atoms with Gasteiger partial charge in [0.25, 0.3) is 0 Å². The Morgan fingerprint density at radius 1 is 1.25 bits per heavy atom. The molecular formula is C21H26N4O2S. The van der Waals surface area contributed by atoms with E-state index in [4.69, 9.17) is 4.74 Å². The Hall–Kier alpha value is -2.25. The van der Waals surface area contributed by atoms with Gasteiger partial charge in [-0.1, -0.05) is 17.4 Å². The second-order valence-electron chi connectivity index (χ2n) is 8.82. The number of aryl methyl sites for hydroxylation is 1. The summed E-state index contributed by atoms with van der Waals surface area (Å²) in [6.07, 6.45) is 5.23. The van der Waals surface area contributed by atoms with Gasteiger partial charge in [-0.05, 0) is 58.2 Å². The number of benzene rings is 1. The fourth-order valence-corrected chi connectivity index (χ4v) is 5.07. The molecule has 0 aliphatic carbocycles. The van der Waals surface area contributed by atoms with Crippen LogP contribution in [0.3, 0.4) is 0 Å². The quantitative estimate of drug-likeness (QED) is 0.699. The number of nitrogens with zero attached hydrogens (tertiary/aromatic N) is 3. The first kappa shape index (κ1) is 19.1. The molecule has 7 heteroatoms. The Kier molecular flexibility index (Phi) is 4.55. The molecular weight excluding hydrogens is 372 g/mol. The maximum Gasteiger partial charge on any atom is 0.229 e. The summed E-state index contributed by atoms with van der Waals surface area (Å²) in [5.74, 6) is -0.0640. The number of carbonyl (C=O) groups is 1. The van der Waals surface area contributed by atoms with Crippen molar-refractivity contribution in [3.8, 4) is 10.4 Å². The van der Waals surface area contributed by atoms with Crippen molar-refractivity contribution in [2.75, 3.05) is 5.32 Å². The highest BCUT2D eigenvalue weighted by molar-refractivity contribution is 7.19. The summed E-state index contributed by atoms with van der Waals surface area (Å²) in [5, 5.41) is 9.14. The van der Waals surface area contributed by atoms with Crippen LogP contribution in [0.25, 0.3) is 21.3 Å². The van der Waals surface area contributed by atoms with E-state index in [2.05, 4.69) is 21.5 Å². The van der Waals surface area contributed by atoms with E-state index in [0.717, 1.165) is 21.3 Å². The molecule has 3 heterocycles. The molecule has 6 nitrogen and oxygen atoms in total. The first-order valence-electron chi connectivity index (χ1n) is 9.51. The van der Waals surface area contributed by atoms with Crippen LogP contribution in [0.1, 0.15) is 40.5 Å². The zero-order valence-electron chi connectivity index (χ0n) is 16.9. The Balaban J connectivity index is 1.50. The van der Waals surface area contributed by atoms with Crippen LogP contribution < -0.4 is 5.32 Å². The third-order valence-corrected chi connectivity index (χ3v) is 6.00. The molecule has 1 aromatic carbocycles. The molecule has 0 radical (unpaired) electrons. The average Bonchev–Trinajstić information content (AvgIpc) is 3.16. The van der Waals surface area contributed by atoms with Crippen molar-refractivity contribution in [1.29, 1.82) is 0 Å². The van der Waals surface area contributed by atoms with Crippen molar-refractivity contribution in [1.82, 2.24) is 14.8 Å². The summed E-state index contributed by atoms with van der Waals surface area (Å²) in [7, 11) is 1.92. The molecule has 0 unspecified atom stereocenters. The van der Waals surface area contributed by atoms with Gasteiger partial charge in [-0.2, -0.15) is 5.10 Å². The summed E-state index contributed by atoms with van der Waals surface area (Å²) >= 11 is 1.49. The predicted molar refractivity (Wildman–Crippen MR) is 112 cm³/mol. The van der Waals surface area contributed by atoms with Crippen LogP contribution >= 0.6 is 11.3 Å². The van der Waals surface area contributed by atoms with E-state index in [-0.39, 0.29) is 23.0 Å². The molecule has 1 N–H and O–H groups in total. The third kappa shape index (κ3) is 3.95. The first-order chi connectivity index (χ1) is 13.1. The molecule has 0 atom stereocenters. The average molecular weight is 399 g/mol. The summed E-state index contributed by atoms with van der Waals surface area (Å²) in [6.45, 7) is 8.18. The number of ether oxygens (including phenoxy) is 1. The Morgan fingerprint density at radius 3 is 2.68 bits per heavy atom. The lowest BCUT2D eigenvalue weighted by molar-refractivity contribution is -0.176. The maximum atomic E-state index is 12.9. The largest absolute Gasteiger partial charge is 0.370 e. The van der Waals surface area contributed by atoms with E-state index in [1.807, 2.05) is 64.0 Å². The molecule has 1 amide bonds. The van der Waals surface area contributed by atoms with E-state index in [0.29, 0.717) is 18.0 Å². The fourth-order valence-electron chi connectivity index (χ4n) is 4.25. The zero-order chi connectivity index (χ0) is 20.1. The highest BCUT2D eigenvalue weighted by Crippen LogP contribution is 2.39. The normalized spacial score (nSPS) is 19.0. The third-order valence-electron chi connectivity index (χ3n) is 5.04. The minimum atomic E-state index is -0.309. The second kappa shape index (κ2) is 6.67. The number of aromatic nitrogens is 3. The highest BCUT2D eigenvalue weighted by Gasteiger charge is 2.42. The lowest BCUT2D eigenvalue weighted by atomic mass is 9.80. The molecule has 0 spiro atoms. The van der Waals surface area contributed by atoms with Gasteiger partial charge in [0.2, 0.25) is 5.91 Å². The summed E-state index contributed by atoms with van der Waals surface area (Å²) < 4.78 is 7.90. The van der Waals surface area contributed by atoms with Gasteiger partial charge >= 0.3 is 0 Å². The van der Waals surface area contributed by atoms with Crippen LogP contribution in [0.4, 0.5) is 5.13 Å². The molecule has 28 heavy (non-hydrogen) atoms. The minimum Gasteiger partial charge on any atom is -0.370 e.